The van der Waals surface area contributed by atoms with Crippen LogP contribution in [0.2, 0.25) is 5.02 Å². The second kappa shape index (κ2) is 13.1. The van der Waals surface area contributed by atoms with Crippen LogP contribution < -0.4 is 15.4 Å². The molecule has 0 unspecified atom stereocenters. The topological polar surface area (TPSA) is 143 Å². The number of hydrogen-bond acceptors (Lipinski definition) is 8. The molecule has 2 amide bonds. The number of amides is 2. The zero-order chi connectivity index (χ0) is 34.3. The van der Waals surface area contributed by atoms with E-state index in [9.17, 15) is 15.0 Å². The molecule has 13 heteroatoms. The van der Waals surface area contributed by atoms with E-state index < -0.39 is 6.03 Å². The summed E-state index contributed by atoms with van der Waals surface area (Å²) in [5.41, 5.74) is 4.79. The van der Waals surface area contributed by atoms with E-state index in [0.29, 0.717) is 36.0 Å². The van der Waals surface area contributed by atoms with E-state index >= 15 is 0 Å². The fourth-order valence-electron chi connectivity index (χ4n) is 6.40. The van der Waals surface area contributed by atoms with Gasteiger partial charge in [0.2, 0.25) is 0 Å². The predicted octanol–water partition coefficient (Wildman–Crippen LogP) is 6.52. The van der Waals surface area contributed by atoms with Crippen molar-refractivity contribution in [3.05, 3.63) is 88.3 Å². The lowest BCUT2D eigenvalue weighted by Crippen LogP contribution is -2.36. The number of anilines is 2. The Morgan fingerprint density at radius 1 is 0.959 bits per heavy atom. The molecule has 49 heavy (non-hydrogen) atoms. The van der Waals surface area contributed by atoms with Gasteiger partial charge >= 0.3 is 6.03 Å². The molecule has 1 aliphatic carbocycles. The highest BCUT2D eigenvalue weighted by molar-refractivity contribution is 6.32. The van der Waals surface area contributed by atoms with Crippen LogP contribution in [0.25, 0.3) is 17.1 Å². The van der Waals surface area contributed by atoms with E-state index in [1.807, 2.05) is 51.1 Å². The number of phenols is 2. The van der Waals surface area contributed by atoms with Gasteiger partial charge in [-0.1, -0.05) is 44.5 Å². The second-order valence-electron chi connectivity index (χ2n) is 13.4. The van der Waals surface area contributed by atoms with Gasteiger partial charge in [-0.3, -0.25) is 10.2 Å². The molecule has 1 aliphatic heterocycles. The van der Waals surface area contributed by atoms with E-state index in [4.69, 9.17) is 21.4 Å². The molecule has 0 spiro atoms. The summed E-state index contributed by atoms with van der Waals surface area (Å²) in [5.74, 6) is 3.04. The molecule has 0 atom stereocenters. The Kier molecular flexibility index (Phi) is 8.68. The van der Waals surface area contributed by atoms with Crippen LogP contribution in [-0.2, 0) is 31.3 Å². The minimum atomic E-state index is -0.391. The monoisotopic (exact) mass is 682 g/mol. The number of carbonyl (C=O) groups excluding carboxylic acids is 1. The van der Waals surface area contributed by atoms with E-state index in [-0.39, 0.29) is 21.9 Å². The Bertz CT molecular complexity index is 2030. The third-order valence-corrected chi connectivity index (χ3v) is 9.33. The summed E-state index contributed by atoms with van der Waals surface area (Å²) in [6.07, 6.45) is 2.71. The van der Waals surface area contributed by atoms with Crippen molar-refractivity contribution in [3.63, 3.8) is 0 Å². The number of benzene rings is 3. The molecule has 254 valence electrons. The summed E-state index contributed by atoms with van der Waals surface area (Å²) in [6.45, 7) is 9.59. The van der Waals surface area contributed by atoms with E-state index in [2.05, 4.69) is 30.3 Å². The summed E-state index contributed by atoms with van der Waals surface area (Å²) in [4.78, 5) is 15.7. The number of carbonyl (C=O) groups is 1. The zero-order valence-corrected chi connectivity index (χ0v) is 28.5. The van der Waals surface area contributed by atoms with Crippen LogP contribution in [-0.4, -0.2) is 65.4 Å². The van der Waals surface area contributed by atoms with Crippen LogP contribution in [0.1, 0.15) is 49.8 Å². The molecule has 0 saturated carbocycles. The lowest BCUT2D eigenvalue weighted by atomic mass is 9.92. The molecule has 0 saturated heterocycles. The highest BCUT2D eigenvalue weighted by Crippen LogP contribution is 2.37. The maximum atomic E-state index is 13.4. The van der Waals surface area contributed by atoms with Gasteiger partial charge in [0.25, 0.3) is 0 Å². The second-order valence-corrected chi connectivity index (χ2v) is 13.9. The quantitative estimate of drug-likeness (QED) is 0.145. The van der Waals surface area contributed by atoms with Crippen molar-refractivity contribution in [2.45, 2.75) is 58.5 Å². The van der Waals surface area contributed by atoms with Gasteiger partial charge in [0, 0.05) is 36.8 Å². The average Bonchev–Trinajstić information content (AvgIpc) is 3.83. The molecule has 4 N–H and O–H groups in total. The molecule has 0 fully saturated rings. The van der Waals surface area contributed by atoms with Crippen LogP contribution in [0.3, 0.4) is 0 Å². The van der Waals surface area contributed by atoms with Gasteiger partial charge in [-0.25, -0.2) is 9.48 Å². The standard InChI is InChI=1S/C36H39ClN8O4/c1-36(2,3)31-20-32(45(42-31)22-11-13-29(47)26(37)19-22)39-35(48)38-27-12-14-30(24-9-6-8-23(24)27)49-18-17-43-15-16-44-33(21-43)40-41-34(44)25-7-4-5-10-28(25)46/h4-5,7,10-14,19-20,46-47H,6,8-9,15-18,21H2,1-3H3,(H2,38,39,48). The summed E-state index contributed by atoms with van der Waals surface area (Å²) >= 11 is 6.19. The zero-order valence-electron chi connectivity index (χ0n) is 27.7. The van der Waals surface area contributed by atoms with Crippen LogP contribution in [0.5, 0.6) is 17.2 Å². The molecule has 3 aromatic carbocycles. The Hall–Kier alpha value is -5.07. The summed E-state index contributed by atoms with van der Waals surface area (Å²) in [7, 11) is 0. The summed E-state index contributed by atoms with van der Waals surface area (Å²) in [5, 5.41) is 39.9. The first kappa shape index (κ1) is 32.5. The lowest BCUT2D eigenvalue weighted by molar-refractivity contribution is 0.174. The minimum absolute atomic E-state index is 0.0284. The summed E-state index contributed by atoms with van der Waals surface area (Å²) < 4.78 is 10.0. The molecule has 0 radical (unpaired) electrons. The smallest absolute Gasteiger partial charge is 0.324 e. The molecule has 2 aromatic heterocycles. The number of aromatic nitrogens is 5. The number of fused-ring (bicyclic) bond motifs is 2. The van der Waals surface area contributed by atoms with E-state index in [1.54, 1.807) is 28.9 Å². The number of phenolic OH excluding ortho intramolecular Hbond substituents is 2. The number of urea groups is 1. The molecule has 12 nitrogen and oxygen atoms in total. The van der Waals surface area contributed by atoms with Crippen LogP contribution in [0, 0.1) is 0 Å². The molecule has 3 heterocycles. The number of nitrogens with zero attached hydrogens (tertiary/aromatic N) is 6. The van der Waals surface area contributed by atoms with Crippen molar-refractivity contribution in [3.8, 4) is 34.3 Å². The first-order chi connectivity index (χ1) is 23.5. The third kappa shape index (κ3) is 6.66. The minimum Gasteiger partial charge on any atom is -0.507 e. The molecular weight excluding hydrogens is 644 g/mol. The van der Waals surface area contributed by atoms with Gasteiger partial charge in [-0.05, 0) is 72.9 Å². The first-order valence-electron chi connectivity index (χ1n) is 16.4. The predicted molar refractivity (Wildman–Crippen MR) is 188 cm³/mol. The Morgan fingerprint density at radius 3 is 2.57 bits per heavy atom. The van der Waals surface area contributed by atoms with Gasteiger partial charge in [-0.15, -0.1) is 10.2 Å². The van der Waals surface area contributed by atoms with Crippen LogP contribution in [0.4, 0.5) is 16.3 Å². The molecule has 5 aromatic rings. The molecular formula is C36H39ClN8O4. The highest BCUT2D eigenvalue weighted by atomic mass is 35.5. The number of aromatic hydroxyl groups is 2. The Morgan fingerprint density at radius 2 is 1.78 bits per heavy atom. The van der Waals surface area contributed by atoms with E-state index in [1.165, 1.54) is 6.07 Å². The SMILES string of the molecule is CC(C)(C)c1cc(NC(=O)Nc2ccc(OCCN3CCn4c(nnc4-c4ccccc4O)C3)c3c2CCC3)n(-c2ccc(O)c(Cl)c2)n1. The molecule has 2 aliphatic rings. The fourth-order valence-corrected chi connectivity index (χ4v) is 6.58. The van der Waals surface area contributed by atoms with Crippen molar-refractivity contribution >= 4 is 29.1 Å². The normalized spacial score (nSPS) is 14.4. The number of nitrogens with one attached hydrogen (secondary N) is 2. The van der Waals surface area contributed by atoms with Crippen molar-refractivity contribution in [1.29, 1.82) is 0 Å². The Labute approximate surface area is 289 Å². The van der Waals surface area contributed by atoms with Gasteiger partial charge in [0.05, 0.1) is 28.5 Å². The van der Waals surface area contributed by atoms with Crippen molar-refractivity contribution < 1.29 is 19.7 Å². The average molecular weight is 683 g/mol. The number of hydrogen-bond donors (Lipinski definition) is 4. The van der Waals surface area contributed by atoms with Crippen molar-refractivity contribution in [2.24, 2.45) is 0 Å². The summed E-state index contributed by atoms with van der Waals surface area (Å²) in [6, 6.07) is 17.3. The number of ether oxygens (including phenoxy) is 1. The number of rotatable bonds is 8. The lowest BCUT2D eigenvalue weighted by Gasteiger charge is -2.27. The highest BCUT2D eigenvalue weighted by Gasteiger charge is 2.26. The van der Waals surface area contributed by atoms with Gasteiger partial charge < -0.3 is 24.8 Å². The van der Waals surface area contributed by atoms with Gasteiger partial charge in [0.1, 0.15) is 35.5 Å². The maximum absolute atomic E-state index is 13.4. The number of para-hydroxylation sites is 1. The largest absolute Gasteiger partial charge is 0.507 e. The van der Waals surface area contributed by atoms with Crippen LogP contribution >= 0.6 is 11.6 Å². The molecule has 7 rings (SSSR count). The third-order valence-electron chi connectivity index (χ3n) is 9.03. The van der Waals surface area contributed by atoms with Crippen molar-refractivity contribution in [2.75, 3.05) is 30.3 Å². The van der Waals surface area contributed by atoms with Gasteiger partial charge in [0.15, 0.2) is 5.82 Å². The van der Waals surface area contributed by atoms with Crippen molar-refractivity contribution in [1.82, 2.24) is 29.4 Å². The van der Waals surface area contributed by atoms with Crippen LogP contribution in [0.15, 0.2) is 60.7 Å². The Balaban J connectivity index is 0.999. The van der Waals surface area contributed by atoms with Gasteiger partial charge in [-0.2, -0.15) is 5.10 Å². The number of halogens is 1. The maximum Gasteiger partial charge on any atom is 0.324 e. The fraction of sp³-hybridized carbons (Fsp3) is 0.333. The first-order valence-corrected chi connectivity index (χ1v) is 16.8. The van der Waals surface area contributed by atoms with E-state index in [0.717, 1.165) is 73.0 Å². The molecule has 0 bridgehead atoms.